The van der Waals surface area contributed by atoms with Gasteiger partial charge in [0.15, 0.2) is 0 Å². The second kappa shape index (κ2) is 7.05. The molecule has 0 saturated heterocycles. The molecule has 5 heteroatoms. The average Bonchev–Trinajstić information content (AvgIpc) is 1.35. The second-order valence-corrected chi connectivity index (χ2v) is 1.51. The number of halogens is 2. The third-order valence-electron chi connectivity index (χ3n) is 0.158. The van der Waals surface area contributed by atoms with E-state index in [1.165, 1.54) is 0 Å². The van der Waals surface area contributed by atoms with Crippen molar-refractivity contribution in [2.24, 2.45) is 0 Å². The number of rotatable bonds is 2. The summed E-state index contributed by atoms with van der Waals surface area (Å²) in [6.07, 6.45) is 0. The van der Waals surface area contributed by atoms with Crippen molar-refractivity contribution in [2.45, 2.75) is 5.02 Å². The maximum absolute atomic E-state index is 9.22. The molecule has 0 bridgehead atoms. The zero-order valence-corrected chi connectivity index (χ0v) is 4.24. The summed E-state index contributed by atoms with van der Waals surface area (Å²) in [5.41, 5.74) is 0. The van der Waals surface area contributed by atoms with Crippen LogP contribution in [0.5, 0.6) is 0 Å². The van der Waals surface area contributed by atoms with Crippen LogP contribution < -0.4 is 0 Å². The van der Waals surface area contributed by atoms with Gasteiger partial charge in [-0.2, -0.15) is 0 Å². The molecule has 0 atom stereocenters. The van der Waals surface area contributed by atoms with E-state index in [1.807, 2.05) is 0 Å². The van der Waals surface area contributed by atoms with Gasteiger partial charge in [0.2, 0.25) is 0 Å². The predicted octanol–water partition coefficient (Wildman–Crippen LogP) is 0.272. The van der Waals surface area contributed by atoms with Gasteiger partial charge in [-0.15, -0.1) is 0 Å². The van der Waals surface area contributed by atoms with Crippen LogP contribution in [0.4, 0.5) is 0 Å². The summed E-state index contributed by atoms with van der Waals surface area (Å²) in [5, 5.41) is -1.03. The van der Waals surface area contributed by atoms with E-state index in [4.69, 9.17) is 23.2 Å². The van der Waals surface area contributed by atoms with Crippen molar-refractivity contribution in [1.82, 2.24) is 0 Å². The van der Waals surface area contributed by atoms with Crippen LogP contribution in [-0.4, -0.2) is 41.1 Å². The van der Waals surface area contributed by atoms with Crippen LogP contribution in [0.25, 0.3) is 0 Å². The number of carbonyl (C=O) groups excluding carboxylic acids is 1. The van der Waals surface area contributed by atoms with E-state index in [0.29, 0.717) is 0 Å². The van der Waals surface area contributed by atoms with Gasteiger partial charge in [-0.25, -0.2) is 0 Å². The van der Waals surface area contributed by atoms with E-state index in [1.54, 1.807) is 0 Å². The standard InChI is InChI=1S/C2H2Cl2O2.Na.H/c3-2(4)6-1-5;;/h1-2H;;. The number of hydrogen-bond acceptors (Lipinski definition) is 2. The van der Waals surface area contributed by atoms with E-state index in [0.717, 1.165) is 0 Å². The van der Waals surface area contributed by atoms with Crippen LogP contribution in [0.15, 0.2) is 0 Å². The summed E-state index contributed by atoms with van der Waals surface area (Å²) in [6, 6.07) is 0. The van der Waals surface area contributed by atoms with Gasteiger partial charge >= 0.3 is 29.6 Å². The molecule has 0 rings (SSSR count). The van der Waals surface area contributed by atoms with Gasteiger partial charge in [0.05, 0.1) is 0 Å². The fourth-order valence-corrected chi connectivity index (χ4v) is 0.126. The van der Waals surface area contributed by atoms with Crippen molar-refractivity contribution in [3.63, 3.8) is 0 Å². The third-order valence-corrected chi connectivity index (χ3v) is 0.364. The van der Waals surface area contributed by atoms with Gasteiger partial charge < -0.3 is 4.74 Å². The molecule has 7 heavy (non-hydrogen) atoms. The summed E-state index contributed by atoms with van der Waals surface area (Å²) in [5.74, 6) is 0. The van der Waals surface area contributed by atoms with E-state index >= 15 is 0 Å². The monoisotopic (exact) mass is 152 g/mol. The van der Waals surface area contributed by atoms with Crippen LogP contribution >= 0.6 is 23.2 Å². The van der Waals surface area contributed by atoms with Crippen LogP contribution in [-0.2, 0) is 9.53 Å². The molecule has 0 saturated carbocycles. The van der Waals surface area contributed by atoms with Crippen LogP contribution in [0.3, 0.4) is 0 Å². The summed E-state index contributed by atoms with van der Waals surface area (Å²) >= 11 is 9.78. The topological polar surface area (TPSA) is 26.3 Å². The molecule has 2 nitrogen and oxygen atoms in total. The SMILES string of the molecule is O=COC(Cl)Cl.[NaH]. The molecular weight excluding hydrogens is 150 g/mol. The Hall–Kier alpha value is 1.05. The molecule has 38 valence electrons. The Kier molecular flexibility index (Phi) is 11.0. The molecule has 0 aromatic heterocycles. The molecule has 0 radical (unpaired) electrons. The third kappa shape index (κ3) is 11.0. The Morgan fingerprint density at radius 2 is 2.00 bits per heavy atom. The first-order valence-electron chi connectivity index (χ1n) is 1.14. The summed E-state index contributed by atoms with van der Waals surface area (Å²) in [6.45, 7) is 0.185. The Morgan fingerprint density at radius 1 is 1.57 bits per heavy atom. The normalized spacial score (nSPS) is 7.29. The Labute approximate surface area is 73.4 Å². The number of hydrogen-bond donors (Lipinski definition) is 0. The fourth-order valence-electron chi connectivity index (χ4n) is 0.0420. The van der Waals surface area contributed by atoms with Gasteiger partial charge in [0.25, 0.3) is 11.5 Å². The number of alkyl halides is 2. The van der Waals surface area contributed by atoms with Crippen LogP contribution in [0, 0.1) is 0 Å². The van der Waals surface area contributed by atoms with E-state index in [9.17, 15) is 4.79 Å². The predicted molar refractivity (Wildman–Crippen MR) is 29.8 cm³/mol. The Bertz CT molecular complexity index is 49.0. The molecule has 0 aliphatic carbocycles. The second-order valence-electron chi connectivity index (χ2n) is 0.493. The van der Waals surface area contributed by atoms with Gasteiger partial charge in [-0.1, -0.05) is 23.2 Å². The molecule has 0 aliphatic rings. The average molecular weight is 153 g/mol. The molecule has 0 N–H and O–H groups in total. The van der Waals surface area contributed by atoms with E-state index in [2.05, 4.69) is 4.74 Å². The molecule has 0 fully saturated rings. The molecule has 0 aromatic rings. The summed E-state index contributed by atoms with van der Waals surface area (Å²) < 4.78 is 3.89. The van der Waals surface area contributed by atoms with Crippen molar-refractivity contribution < 1.29 is 9.53 Å². The van der Waals surface area contributed by atoms with Gasteiger partial charge in [-0.3, -0.25) is 4.79 Å². The zero-order valence-electron chi connectivity index (χ0n) is 2.73. The molecular formula is C2H3Cl2NaO2. The Balaban J connectivity index is 0. The van der Waals surface area contributed by atoms with Gasteiger partial charge in [0.1, 0.15) is 0 Å². The van der Waals surface area contributed by atoms with E-state index in [-0.39, 0.29) is 36.0 Å². The van der Waals surface area contributed by atoms with Crippen molar-refractivity contribution in [2.75, 3.05) is 0 Å². The molecule has 0 heterocycles. The number of ether oxygens (including phenoxy) is 1. The summed E-state index contributed by atoms with van der Waals surface area (Å²) in [4.78, 5) is 9.22. The molecule has 0 aromatic carbocycles. The van der Waals surface area contributed by atoms with Crippen molar-refractivity contribution in [1.29, 1.82) is 0 Å². The van der Waals surface area contributed by atoms with Crippen molar-refractivity contribution in [3.05, 3.63) is 0 Å². The van der Waals surface area contributed by atoms with Crippen molar-refractivity contribution in [3.8, 4) is 0 Å². The molecule has 0 amide bonds. The summed E-state index contributed by atoms with van der Waals surface area (Å²) in [7, 11) is 0. The van der Waals surface area contributed by atoms with Crippen LogP contribution in [0.2, 0.25) is 0 Å². The van der Waals surface area contributed by atoms with Gasteiger partial charge in [-0.05, 0) is 0 Å². The minimum atomic E-state index is -1.03. The minimum absolute atomic E-state index is 0. The zero-order chi connectivity index (χ0) is 4.99. The fraction of sp³-hybridized carbons (Fsp3) is 0.500. The Morgan fingerprint density at radius 3 is 2.00 bits per heavy atom. The molecule has 0 unspecified atom stereocenters. The van der Waals surface area contributed by atoms with E-state index < -0.39 is 5.02 Å². The van der Waals surface area contributed by atoms with Crippen LogP contribution in [0.1, 0.15) is 0 Å². The maximum atomic E-state index is 9.22. The van der Waals surface area contributed by atoms with Crippen molar-refractivity contribution >= 4 is 59.2 Å². The quantitative estimate of drug-likeness (QED) is 0.323. The first kappa shape index (κ1) is 10.9. The van der Waals surface area contributed by atoms with Gasteiger partial charge in [0, 0.05) is 0 Å². The first-order chi connectivity index (χ1) is 2.77. The number of carbonyl (C=O) groups is 1. The first-order valence-corrected chi connectivity index (χ1v) is 2.02. The molecule has 0 aliphatic heterocycles. The molecule has 0 spiro atoms.